The first-order chi connectivity index (χ1) is 7.15. The second-order valence-electron chi connectivity index (χ2n) is 3.41. The molecule has 0 aromatic rings. The van der Waals surface area contributed by atoms with E-state index in [4.69, 9.17) is 5.11 Å². The lowest BCUT2D eigenvalue weighted by Crippen LogP contribution is -2.28. The van der Waals surface area contributed by atoms with Crippen molar-refractivity contribution in [1.29, 1.82) is 0 Å². The number of likely N-dealkylation sites (N-methyl/N-ethyl adjacent to an activating group) is 1. The minimum absolute atomic E-state index is 0.0705. The van der Waals surface area contributed by atoms with Crippen LogP contribution in [0.3, 0.4) is 0 Å². The van der Waals surface area contributed by atoms with Crippen LogP contribution < -0.4 is 0 Å². The lowest BCUT2D eigenvalue weighted by atomic mass is 10.3. The van der Waals surface area contributed by atoms with Crippen molar-refractivity contribution in [3.8, 4) is 0 Å². The van der Waals surface area contributed by atoms with Crippen molar-refractivity contribution in [3.05, 3.63) is 24.0 Å². The van der Waals surface area contributed by atoms with Crippen LogP contribution >= 0.6 is 0 Å². The molecule has 1 N–H and O–H groups in total. The van der Waals surface area contributed by atoms with Gasteiger partial charge in [-0.2, -0.15) is 0 Å². The standard InChI is InChI=1S/C11H21FN2O/c1-4-11(13(2)3)10-14(8-9-15)7-5-6-12/h4-5,7,15H,6,8-10H2,1-3H3/b7-5+,11-4-. The summed E-state index contributed by atoms with van der Waals surface area (Å²) in [7, 11) is 3.93. The van der Waals surface area contributed by atoms with E-state index >= 15 is 0 Å². The van der Waals surface area contributed by atoms with Crippen LogP contribution in [0.2, 0.25) is 0 Å². The van der Waals surface area contributed by atoms with Gasteiger partial charge in [-0.05, 0) is 19.2 Å². The number of hydrogen-bond acceptors (Lipinski definition) is 3. The molecule has 0 aromatic carbocycles. The molecule has 3 nitrogen and oxygen atoms in total. The average molecular weight is 216 g/mol. The molecule has 0 aliphatic carbocycles. The van der Waals surface area contributed by atoms with Crippen molar-refractivity contribution < 1.29 is 9.50 Å². The lowest BCUT2D eigenvalue weighted by molar-refractivity contribution is 0.236. The maximum Gasteiger partial charge on any atom is 0.109 e. The lowest BCUT2D eigenvalue weighted by Gasteiger charge is -2.25. The third-order valence-electron chi connectivity index (χ3n) is 2.07. The van der Waals surface area contributed by atoms with E-state index in [1.807, 2.05) is 36.9 Å². The Hall–Kier alpha value is -1.03. The number of aliphatic hydroxyl groups is 1. The molecule has 0 bridgehead atoms. The quantitative estimate of drug-likeness (QED) is 0.693. The largest absolute Gasteiger partial charge is 0.395 e. The van der Waals surface area contributed by atoms with Gasteiger partial charge in [0.05, 0.1) is 13.2 Å². The van der Waals surface area contributed by atoms with Crippen molar-refractivity contribution in [1.82, 2.24) is 9.80 Å². The zero-order chi connectivity index (χ0) is 11.7. The van der Waals surface area contributed by atoms with Crippen molar-refractivity contribution >= 4 is 0 Å². The van der Waals surface area contributed by atoms with Crippen molar-refractivity contribution in [3.63, 3.8) is 0 Å². The van der Waals surface area contributed by atoms with Crippen LogP contribution in [0, 0.1) is 0 Å². The van der Waals surface area contributed by atoms with Crippen molar-refractivity contribution in [2.45, 2.75) is 6.92 Å². The summed E-state index contributed by atoms with van der Waals surface area (Å²) < 4.78 is 12.0. The topological polar surface area (TPSA) is 26.7 Å². The highest BCUT2D eigenvalue weighted by molar-refractivity contribution is 5.02. The molecule has 0 saturated heterocycles. The molecule has 0 aromatic heterocycles. The Labute approximate surface area is 91.5 Å². The van der Waals surface area contributed by atoms with E-state index < -0.39 is 6.67 Å². The fourth-order valence-electron chi connectivity index (χ4n) is 1.22. The molecule has 88 valence electrons. The molecule has 0 unspecified atom stereocenters. The summed E-state index contributed by atoms with van der Waals surface area (Å²) in [4.78, 5) is 3.89. The SMILES string of the molecule is C/C=C(/CN(/C=C/CF)CCO)N(C)C. The van der Waals surface area contributed by atoms with Gasteiger partial charge in [-0.1, -0.05) is 6.08 Å². The predicted molar refractivity (Wildman–Crippen MR) is 61.2 cm³/mol. The summed E-state index contributed by atoms with van der Waals surface area (Å²) >= 11 is 0. The Morgan fingerprint density at radius 2 is 2.07 bits per heavy atom. The van der Waals surface area contributed by atoms with Crippen LogP contribution in [0.1, 0.15) is 6.92 Å². The Bertz CT molecular complexity index is 215. The zero-order valence-electron chi connectivity index (χ0n) is 9.78. The van der Waals surface area contributed by atoms with Gasteiger partial charge in [0.1, 0.15) is 6.67 Å². The Balaban J connectivity index is 4.31. The summed E-state index contributed by atoms with van der Waals surface area (Å²) in [6, 6.07) is 0. The summed E-state index contributed by atoms with van der Waals surface area (Å²) in [5, 5.41) is 8.86. The van der Waals surface area contributed by atoms with E-state index in [-0.39, 0.29) is 6.61 Å². The number of halogens is 1. The predicted octanol–water partition coefficient (Wildman–Crippen LogP) is 1.23. The second-order valence-corrected chi connectivity index (χ2v) is 3.41. The molecule has 0 fully saturated rings. The molecule has 0 aliphatic heterocycles. The maximum atomic E-state index is 12.0. The van der Waals surface area contributed by atoms with Gasteiger partial charge in [0.2, 0.25) is 0 Å². The summed E-state index contributed by atoms with van der Waals surface area (Å²) in [5.74, 6) is 0. The summed E-state index contributed by atoms with van der Waals surface area (Å²) in [5.41, 5.74) is 1.13. The first-order valence-corrected chi connectivity index (χ1v) is 5.05. The van der Waals surface area contributed by atoms with E-state index in [9.17, 15) is 4.39 Å². The van der Waals surface area contributed by atoms with E-state index in [0.29, 0.717) is 13.1 Å². The molecule has 0 radical (unpaired) electrons. The number of hydrogen-bond donors (Lipinski definition) is 1. The highest BCUT2D eigenvalue weighted by Crippen LogP contribution is 2.03. The summed E-state index contributed by atoms with van der Waals surface area (Å²) in [6.45, 7) is 2.75. The number of nitrogens with zero attached hydrogens (tertiary/aromatic N) is 2. The number of rotatable bonds is 7. The van der Waals surface area contributed by atoms with Crippen LogP contribution in [-0.2, 0) is 0 Å². The van der Waals surface area contributed by atoms with Crippen LogP contribution in [0.5, 0.6) is 0 Å². The molecule has 0 amide bonds. The molecule has 4 heteroatoms. The van der Waals surface area contributed by atoms with E-state index in [1.165, 1.54) is 6.08 Å². The highest BCUT2D eigenvalue weighted by atomic mass is 19.1. The van der Waals surface area contributed by atoms with Gasteiger partial charge in [-0.25, -0.2) is 4.39 Å². The van der Waals surface area contributed by atoms with Crippen molar-refractivity contribution in [2.75, 3.05) is 40.5 Å². The van der Waals surface area contributed by atoms with Crippen LogP contribution in [0.4, 0.5) is 4.39 Å². The molecule has 0 aliphatic rings. The fraction of sp³-hybridized carbons (Fsp3) is 0.636. The van der Waals surface area contributed by atoms with Gasteiger partial charge in [0, 0.05) is 26.3 Å². The molecule has 0 rings (SSSR count). The smallest absolute Gasteiger partial charge is 0.109 e. The molecule has 15 heavy (non-hydrogen) atoms. The van der Waals surface area contributed by atoms with Gasteiger partial charge in [0.15, 0.2) is 0 Å². The monoisotopic (exact) mass is 216 g/mol. The van der Waals surface area contributed by atoms with E-state index in [1.54, 1.807) is 6.20 Å². The molecular weight excluding hydrogens is 195 g/mol. The Morgan fingerprint density at radius 3 is 2.47 bits per heavy atom. The number of alkyl halides is 1. The molecular formula is C11H21FN2O. The van der Waals surface area contributed by atoms with Crippen LogP contribution in [-0.4, -0.2) is 55.4 Å². The van der Waals surface area contributed by atoms with E-state index in [2.05, 4.69) is 0 Å². The molecule has 0 atom stereocenters. The van der Waals surface area contributed by atoms with Gasteiger partial charge >= 0.3 is 0 Å². The van der Waals surface area contributed by atoms with Crippen molar-refractivity contribution in [2.24, 2.45) is 0 Å². The number of aliphatic hydroxyl groups excluding tert-OH is 1. The van der Waals surface area contributed by atoms with E-state index in [0.717, 1.165) is 5.70 Å². The van der Waals surface area contributed by atoms with Gasteiger partial charge in [-0.3, -0.25) is 0 Å². The molecule has 0 saturated carbocycles. The van der Waals surface area contributed by atoms with Crippen LogP contribution in [0.25, 0.3) is 0 Å². The average Bonchev–Trinajstić information content (AvgIpc) is 2.21. The van der Waals surface area contributed by atoms with Gasteiger partial charge < -0.3 is 14.9 Å². The van der Waals surface area contributed by atoms with Gasteiger partial charge in [0.25, 0.3) is 0 Å². The highest BCUT2D eigenvalue weighted by Gasteiger charge is 2.03. The second kappa shape index (κ2) is 8.29. The normalized spacial score (nSPS) is 12.2. The minimum Gasteiger partial charge on any atom is -0.395 e. The number of allylic oxidation sites excluding steroid dienone is 2. The fourth-order valence-corrected chi connectivity index (χ4v) is 1.22. The van der Waals surface area contributed by atoms with Gasteiger partial charge in [-0.15, -0.1) is 0 Å². The minimum atomic E-state index is -0.477. The molecule has 0 spiro atoms. The molecule has 0 heterocycles. The first-order valence-electron chi connectivity index (χ1n) is 5.05. The third-order valence-corrected chi connectivity index (χ3v) is 2.07. The third kappa shape index (κ3) is 6.12. The Kier molecular flexibility index (Phi) is 7.72. The first kappa shape index (κ1) is 14.0. The zero-order valence-corrected chi connectivity index (χ0v) is 9.78. The van der Waals surface area contributed by atoms with Crippen LogP contribution in [0.15, 0.2) is 24.0 Å². The Morgan fingerprint density at radius 1 is 1.40 bits per heavy atom. The maximum absolute atomic E-state index is 12.0. The summed E-state index contributed by atoms with van der Waals surface area (Å²) in [6.07, 6.45) is 5.13.